The molecule has 0 aliphatic carbocycles. The van der Waals surface area contributed by atoms with E-state index in [0.29, 0.717) is 25.9 Å². The van der Waals surface area contributed by atoms with Crippen molar-refractivity contribution in [1.29, 1.82) is 5.26 Å². The molecule has 1 aromatic rings. The van der Waals surface area contributed by atoms with Crippen molar-refractivity contribution in [3.05, 3.63) is 36.0 Å². The van der Waals surface area contributed by atoms with Crippen LogP contribution in [0.2, 0.25) is 0 Å². The van der Waals surface area contributed by atoms with Gasteiger partial charge in [-0.15, -0.1) is 0 Å². The molecular formula is C16H17N3O6S. The molecule has 1 amide bonds. The first kappa shape index (κ1) is 19.4. The van der Waals surface area contributed by atoms with Crippen molar-refractivity contribution in [2.75, 3.05) is 18.4 Å². The van der Waals surface area contributed by atoms with Crippen molar-refractivity contribution in [2.24, 2.45) is 5.92 Å². The molecule has 138 valence electrons. The molecule has 1 heterocycles. The topological polar surface area (TPSA) is 148 Å². The number of benzene rings is 1. The van der Waals surface area contributed by atoms with Gasteiger partial charge < -0.3 is 15.3 Å². The third kappa shape index (κ3) is 5.05. The van der Waals surface area contributed by atoms with Crippen LogP contribution in [0, 0.1) is 17.2 Å². The molecule has 1 aromatic carbocycles. The fourth-order valence-electron chi connectivity index (χ4n) is 2.51. The number of aliphatic carboxylic acids is 1. The number of hydrogen-bond donors (Lipinski definition) is 3. The quantitative estimate of drug-likeness (QED) is 0.391. The number of nitrogens with zero attached hydrogens (tertiary/aromatic N) is 2. The average Bonchev–Trinajstić information content (AvgIpc) is 2.59. The number of amides is 1. The van der Waals surface area contributed by atoms with Gasteiger partial charge in [-0.3, -0.25) is 14.1 Å². The maximum atomic E-state index is 12.2. The predicted molar refractivity (Wildman–Crippen MR) is 90.5 cm³/mol. The monoisotopic (exact) mass is 379 g/mol. The van der Waals surface area contributed by atoms with E-state index in [-0.39, 0.29) is 16.2 Å². The Morgan fingerprint density at radius 2 is 1.81 bits per heavy atom. The zero-order valence-electron chi connectivity index (χ0n) is 13.6. The number of nitrogens with one attached hydrogen (secondary N) is 1. The van der Waals surface area contributed by atoms with Crippen LogP contribution >= 0.6 is 0 Å². The zero-order valence-corrected chi connectivity index (χ0v) is 14.4. The minimum absolute atomic E-state index is 0.155. The molecule has 0 spiro atoms. The largest absolute Gasteiger partial charge is 0.481 e. The lowest BCUT2D eigenvalue weighted by atomic mass is 9.97. The van der Waals surface area contributed by atoms with Crippen LogP contribution in [-0.4, -0.2) is 47.9 Å². The van der Waals surface area contributed by atoms with E-state index in [1.165, 1.54) is 18.3 Å². The van der Waals surface area contributed by atoms with Crippen molar-refractivity contribution in [1.82, 2.24) is 4.90 Å². The standard InChI is InChI=1S/C16H17N3O6S/c17-9-12(10-19-7-5-11(6-8-19)16(21)22)15(20)18-13-1-3-14(4-2-13)26(23,24)25/h1-4,10-11H,5-8H2,(H,18,20)(H,21,22)(H,23,24,25)/b12-10-. The maximum absolute atomic E-state index is 12.2. The van der Waals surface area contributed by atoms with Gasteiger partial charge in [0.2, 0.25) is 0 Å². The summed E-state index contributed by atoms with van der Waals surface area (Å²) in [6.45, 7) is 0.858. The van der Waals surface area contributed by atoms with E-state index >= 15 is 0 Å². The minimum atomic E-state index is -4.32. The highest BCUT2D eigenvalue weighted by Gasteiger charge is 2.24. The Hall–Kier alpha value is -2.90. The Balaban J connectivity index is 2.03. The molecule has 0 atom stereocenters. The SMILES string of the molecule is N#C/C(=C/N1CCC(C(=O)O)CC1)C(=O)Nc1ccc(S(=O)(=O)O)cc1. The Bertz CT molecular complexity index is 862. The highest BCUT2D eigenvalue weighted by molar-refractivity contribution is 7.85. The van der Waals surface area contributed by atoms with Gasteiger partial charge in [0.15, 0.2) is 0 Å². The van der Waals surface area contributed by atoms with Gasteiger partial charge in [0.05, 0.1) is 10.8 Å². The molecule has 0 bridgehead atoms. The number of carboxylic acid groups (broad SMARTS) is 1. The number of carbonyl (C=O) groups is 2. The van der Waals surface area contributed by atoms with Gasteiger partial charge in [0, 0.05) is 25.0 Å². The third-order valence-electron chi connectivity index (χ3n) is 3.97. The highest BCUT2D eigenvalue weighted by atomic mass is 32.2. The van der Waals surface area contributed by atoms with Crippen molar-refractivity contribution in [3.8, 4) is 6.07 Å². The molecule has 2 rings (SSSR count). The summed E-state index contributed by atoms with van der Waals surface area (Å²) in [5, 5.41) is 20.6. The van der Waals surface area contributed by atoms with Crippen LogP contribution in [-0.2, 0) is 19.7 Å². The van der Waals surface area contributed by atoms with E-state index in [9.17, 15) is 23.3 Å². The molecule has 1 aliphatic heterocycles. The summed E-state index contributed by atoms with van der Waals surface area (Å²) in [6, 6.07) is 6.61. The molecule has 10 heteroatoms. The summed E-state index contributed by atoms with van der Waals surface area (Å²) in [4.78, 5) is 24.5. The van der Waals surface area contributed by atoms with Gasteiger partial charge >= 0.3 is 5.97 Å². The van der Waals surface area contributed by atoms with Crippen LogP contribution in [0.3, 0.4) is 0 Å². The summed E-state index contributed by atoms with van der Waals surface area (Å²) >= 11 is 0. The molecule has 0 radical (unpaired) electrons. The molecule has 3 N–H and O–H groups in total. The first-order chi connectivity index (χ1) is 12.2. The number of rotatable bonds is 5. The molecule has 1 fully saturated rings. The molecule has 0 unspecified atom stereocenters. The Morgan fingerprint density at radius 1 is 1.23 bits per heavy atom. The van der Waals surface area contributed by atoms with E-state index in [0.717, 1.165) is 12.1 Å². The summed E-state index contributed by atoms with van der Waals surface area (Å²) in [5.74, 6) is -1.94. The second kappa shape index (κ2) is 7.99. The summed E-state index contributed by atoms with van der Waals surface area (Å²) in [5.41, 5.74) is 0.103. The van der Waals surface area contributed by atoms with Gasteiger partial charge in [-0.2, -0.15) is 13.7 Å². The summed E-state index contributed by atoms with van der Waals surface area (Å²) in [7, 11) is -4.32. The Labute approximate surface area is 150 Å². The predicted octanol–water partition coefficient (Wildman–Crippen LogP) is 1.08. The van der Waals surface area contributed by atoms with Crippen LogP contribution in [0.4, 0.5) is 5.69 Å². The number of nitriles is 1. The van der Waals surface area contributed by atoms with E-state index in [4.69, 9.17) is 9.66 Å². The van der Waals surface area contributed by atoms with Crippen LogP contribution < -0.4 is 5.32 Å². The van der Waals surface area contributed by atoms with Crippen LogP contribution in [0.1, 0.15) is 12.8 Å². The second-order valence-electron chi connectivity index (χ2n) is 5.76. The van der Waals surface area contributed by atoms with Crippen LogP contribution in [0.25, 0.3) is 0 Å². The Kier molecular flexibility index (Phi) is 5.97. The molecule has 0 aromatic heterocycles. The van der Waals surface area contributed by atoms with Gasteiger partial charge in [0.25, 0.3) is 16.0 Å². The maximum Gasteiger partial charge on any atom is 0.306 e. The van der Waals surface area contributed by atoms with Crippen molar-refractivity contribution < 1.29 is 27.7 Å². The first-order valence-corrected chi connectivity index (χ1v) is 9.12. The normalized spacial score (nSPS) is 16.0. The zero-order chi connectivity index (χ0) is 19.3. The number of piperidine rings is 1. The summed E-state index contributed by atoms with van der Waals surface area (Å²) < 4.78 is 30.9. The third-order valence-corrected chi connectivity index (χ3v) is 4.83. The fourth-order valence-corrected chi connectivity index (χ4v) is 2.99. The van der Waals surface area contributed by atoms with Gasteiger partial charge in [0.1, 0.15) is 11.6 Å². The number of carbonyl (C=O) groups excluding carboxylic acids is 1. The van der Waals surface area contributed by atoms with Crippen molar-refractivity contribution in [2.45, 2.75) is 17.7 Å². The highest BCUT2D eigenvalue weighted by Crippen LogP contribution is 2.19. The number of carboxylic acids is 1. The van der Waals surface area contributed by atoms with E-state index in [2.05, 4.69) is 5.32 Å². The van der Waals surface area contributed by atoms with Gasteiger partial charge in [-0.25, -0.2) is 0 Å². The number of likely N-dealkylation sites (tertiary alicyclic amines) is 1. The first-order valence-electron chi connectivity index (χ1n) is 7.68. The van der Waals surface area contributed by atoms with Gasteiger partial charge in [-0.1, -0.05) is 0 Å². The van der Waals surface area contributed by atoms with Crippen LogP contribution in [0.5, 0.6) is 0 Å². The molecule has 0 saturated carbocycles. The smallest absolute Gasteiger partial charge is 0.306 e. The summed E-state index contributed by atoms with van der Waals surface area (Å²) in [6.07, 6.45) is 2.26. The Morgan fingerprint density at radius 3 is 2.27 bits per heavy atom. The lowest BCUT2D eigenvalue weighted by Crippen LogP contribution is -2.33. The van der Waals surface area contributed by atoms with Gasteiger partial charge in [-0.05, 0) is 37.1 Å². The van der Waals surface area contributed by atoms with E-state index in [1.807, 2.05) is 0 Å². The lowest BCUT2D eigenvalue weighted by molar-refractivity contribution is -0.143. The average molecular weight is 379 g/mol. The van der Waals surface area contributed by atoms with E-state index in [1.54, 1.807) is 11.0 Å². The molecule has 1 aliphatic rings. The number of hydrogen-bond acceptors (Lipinski definition) is 6. The number of anilines is 1. The molecular weight excluding hydrogens is 362 g/mol. The fraction of sp³-hybridized carbons (Fsp3) is 0.312. The lowest BCUT2D eigenvalue weighted by Gasteiger charge is -2.29. The van der Waals surface area contributed by atoms with Crippen molar-refractivity contribution in [3.63, 3.8) is 0 Å². The molecule has 1 saturated heterocycles. The minimum Gasteiger partial charge on any atom is -0.481 e. The molecule has 26 heavy (non-hydrogen) atoms. The van der Waals surface area contributed by atoms with E-state index < -0.39 is 27.9 Å². The second-order valence-corrected chi connectivity index (χ2v) is 7.18. The van der Waals surface area contributed by atoms with Crippen LogP contribution in [0.15, 0.2) is 40.9 Å². The molecule has 9 nitrogen and oxygen atoms in total. The van der Waals surface area contributed by atoms with Crippen molar-refractivity contribution >= 4 is 27.7 Å².